The minimum Gasteiger partial charge on any atom is -0.407 e. The van der Waals surface area contributed by atoms with Gasteiger partial charge in [0.2, 0.25) is 5.91 Å². The highest BCUT2D eigenvalue weighted by atomic mass is 16.4. The Hall–Kier alpha value is -1.88. The molecule has 2 aromatic rings. The van der Waals surface area contributed by atoms with Crippen LogP contribution in [0.3, 0.4) is 0 Å². The van der Waals surface area contributed by atoms with Crippen LogP contribution in [0.4, 0.5) is 0 Å². The van der Waals surface area contributed by atoms with E-state index in [-0.39, 0.29) is 0 Å². The maximum Gasteiger partial charge on any atom is 0.426 e. The van der Waals surface area contributed by atoms with Crippen molar-refractivity contribution < 1.29 is 14.3 Å². The van der Waals surface area contributed by atoms with Crippen LogP contribution < -0.4 is 5.76 Å². The van der Waals surface area contributed by atoms with Crippen LogP contribution in [-0.2, 0) is 0 Å². The van der Waals surface area contributed by atoms with Gasteiger partial charge in [0.05, 0.1) is 17.5 Å². The van der Waals surface area contributed by atoms with Crippen molar-refractivity contribution in [2.45, 2.75) is 32.8 Å². The van der Waals surface area contributed by atoms with Crippen LogP contribution in [0, 0.1) is 5.92 Å². The first-order valence-electron chi connectivity index (χ1n) is 6.39. The fourth-order valence-corrected chi connectivity index (χ4v) is 2.09. The van der Waals surface area contributed by atoms with Crippen molar-refractivity contribution in [3.05, 3.63) is 34.8 Å². The van der Waals surface area contributed by atoms with E-state index in [1.54, 1.807) is 31.2 Å². The molecule has 5 heteroatoms. The Balaban J connectivity index is 2.41. The van der Waals surface area contributed by atoms with E-state index in [4.69, 9.17) is 4.42 Å². The van der Waals surface area contributed by atoms with Crippen LogP contribution in [-0.4, -0.2) is 21.7 Å². The van der Waals surface area contributed by atoms with Crippen molar-refractivity contribution in [3.8, 4) is 0 Å². The Morgan fingerprint density at radius 3 is 2.79 bits per heavy atom. The summed E-state index contributed by atoms with van der Waals surface area (Å²) in [6.45, 7) is 3.55. The maximum absolute atomic E-state index is 12.3. The zero-order valence-corrected chi connectivity index (χ0v) is 11.0. The summed E-state index contributed by atoms with van der Waals surface area (Å²) >= 11 is 0. The molecule has 1 N–H and O–H groups in total. The van der Waals surface area contributed by atoms with Crippen LogP contribution in [0.25, 0.3) is 11.1 Å². The second-order valence-electron chi connectivity index (χ2n) is 4.65. The number of aromatic nitrogens is 1. The lowest BCUT2D eigenvalue weighted by Gasteiger charge is -2.16. The zero-order chi connectivity index (χ0) is 14.0. The number of hydrogen-bond donors (Lipinski definition) is 1. The van der Waals surface area contributed by atoms with E-state index < -0.39 is 23.7 Å². The molecule has 0 aliphatic heterocycles. The van der Waals surface area contributed by atoms with E-state index in [1.807, 2.05) is 6.92 Å². The highest BCUT2D eigenvalue weighted by Crippen LogP contribution is 2.16. The van der Waals surface area contributed by atoms with Gasteiger partial charge in [0.1, 0.15) is 0 Å². The standard InChI is InChI=1S/C14H17NO4/c1-3-6-11(16)9(2)13(17)15-10-7-4-5-8-12(10)19-14(15)18/h4-5,7-9,11,16H,3,6H2,1-2H3/t9-,11-/m0/s1. The average Bonchev–Trinajstić information content (AvgIpc) is 2.73. The molecule has 5 nitrogen and oxygen atoms in total. The molecular formula is C14H17NO4. The fourth-order valence-electron chi connectivity index (χ4n) is 2.09. The van der Waals surface area contributed by atoms with Crippen molar-refractivity contribution in [1.82, 2.24) is 4.57 Å². The molecule has 2 rings (SSSR count). The largest absolute Gasteiger partial charge is 0.426 e. The molecule has 19 heavy (non-hydrogen) atoms. The third kappa shape index (κ3) is 2.46. The monoisotopic (exact) mass is 263 g/mol. The molecule has 0 radical (unpaired) electrons. The highest BCUT2D eigenvalue weighted by Gasteiger charge is 2.26. The minimum absolute atomic E-state index is 0.373. The second kappa shape index (κ2) is 5.40. The van der Waals surface area contributed by atoms with E-state index in [1.165, 1.54) is 0 Å². The normalized spacial score (nSPS) is 14.5. The van der Waals surface area contributed by atoms with Crippen LogP contribution in [0.2, 0.25) is 0 Å². The molecule has 1 heterocycles. The molecule has 0 aliphatic rings. The number of carbonyl (C=O) groups excluding carboxylic acids is 1. The number of aliphatic hydroxyl groups is 1. The number of oxazole rings is 1. The molecule has 102 valence electrons. The Bertz CT molecular complexity index is 640. The number of nitrogens with zero attached hydrogens (tertiary/aromatic N) is 1. The number of para-hydroxylation sites is 2. The number of benzene rings is 1. The van der Waals surface area contributed by atoms with Gasteiger partial charge >= 0.3 is 5.76 Å². The molecule has 0 saturated heterocycles. The summed E-state index contributed by atoms with van der Waals surface area (Å²) in [5.41, 5.74) is 0.811. The molecule has 0 amide bonds. The minimum atomic E-state index is -0.752. The zero-order valence-electron chi connectivity index (χ0n) is 11.0. The Morgan fingerprint density at radius 1 is 1.42 bits per heavy atom. The van der Waals surface area contributed by atoms with E-state index >= 15 is 0 Å². The van der Waals surface area contributed by atoms with Gasteiger partial charge < -0.3 is 9.52 Å². The van der Waals surface area contributed by atoms with Crippen LogP contribution in [0.1, 0.15) is 31.5 Å². The number of carbonyl (C=O) groups is 1. The SMILES string of the molecule is CCC[C@H](O)[C@H](C)C(=O)n1c(=O)oc2ccccc21. The van der Waals surface area contributed by atoms with Gasteiger partial charge in [0, 0.05) is 0 Å². The maximum atomic E-state index is 12.3. The van der Waals surface area contributed by atoms with Gasteiger partial charge in [-0.3, -0.25) is 4.79 Å². The third-order valence-electron chi connectivity index (χ3n) is 3.26. The lowest BCUT2D eigenvalue weighted by Crippen LogP contribution is -2.34. The second-order valence-corrected chi connectivity index (χ2v) is 4.65. The molecule has 2 atom stereocenters. The van der Waals surface area contributed by atoms with Gasteiger partial charge in [-0.15, -0.1) is 0 Å². The van der Waals surface area contributed by atoms with Crippen molar-refractivity contribution >= 4 is 17.0 Å². The number of aliphatic hydroxyl groups excluding tert-OH is 1. The Labute approximate surface area is 110 Å². The molecule has 1 aromatic heterocycles. The predicted octanol–water partition coefficient (Wildman–Crippen LogP) is 2.03. The lowest BCUT2D eigenvalue weighted by molar-refractivity contribution is 0.0605. The van der Waals surface area contributed by atoms with E-state index in [0.717, 1.165) is 11.0 Å². The molecule has 0 aliphatic carbocycles. The number of hydrogen-bond acceptors (Lipinski definition) is 4. The summed E-state index contributed by atoms with van der Waals surface area (Å²) < 4.78 is 6.01. The summed E-state index contributed by atoms with van der Waals surface area (Å²) in [5.74, 6) is -1.78. The van der Waals surface area contributed by atoms with Gasteiger partial charge in [-0.2, -0.15) is 0 Å². The molecular weight excluding hydrogens is 246 g/mol. The fraction of sp³-hybridized carbons (Fsp3) is 0.429. The smallest absolute Gasteiger partial charge is 0.407 e. The van der Waals surface area contributed by atoms with Crippen molar-refractivity contribution in [2.75, 3.05) is 0 Å². The summed E-state index contributed by atoms with van der Waals surface area (Å²) in [7, 11) is 0. The van der Waals surface area contributed by atoms with E-state index in [0.29, 0.717) is 17.5 Å². The summed E-state index contributed by atoms with van der Waals surface area (Å²) in [6.07, 6.45) is 0.551. The van der Waals surface area contributed by atoms with Crippen molar-refractivity contribution in [1.29, 1.82) is 0 Å². The van der Waals surface area contributed by atoms with Gasteiger partial charge in [-0.25, -0.2) is 9.36 Å². The Morgan fingerprint density at radius 2 is 2.11 bits per heavy atom. The van der Waals surface area contributed by atoms with Gasteiger partial charge in [0.25, 0.3) is 0 Å². The first-order chi connectivity index (χ1) is 9.06. The number of rotatable bonds is 4. The van der Waals surface area contributed by atoms with Crippen LogP contribution in [0.5, 0.6) is 0 Å². The topological polar surface area (TPSA) is 72.4 Å². The predicted molar refractivity (Wildman–Crippen MR) is 71.2 cm³/mol. The van der Waals surface area contributed by atoms with Gasteiger partial charge in [-0.05, 0) is 18.6 Å². The highest BCUT2D eigenvalue weighted by molar-refractivity contribution is 5.90. The van der Waals surface area contributed by atoms with E-state index in [2.05, 4.69) is 0 Å². The number of fused-ring (bicyclic) bond motifs is 1. The molecule has 0 bridgehead atoms. The van der Waals surface area contributed by atoms with Gasteiger partial charge in [-0.1, -0.05) is 32.4 Å². The molecule has 0 unspecified atom stereocenters. The quantitative estimate of drug-likeness (QED) is 0.916. The van der Waals surface area contributed by atoms with Crippen LogP contribution in [0.15, 0.2) is 33.5 Å². The lowest BCUT2D eigenvalue weighted by atomic mass is 10.00. The Kier molecular flexibility index (Phi) is 3.85. The third-order valence-corrected chi connectivity index (χ3v) is 3.26. The summed E-state index contributed by atoms with van der Waals surface area (Å²) in [4.78, 5) is 24.1. The first-order valence-corrected chi connectivity index (χ1v) is 6.39. The summed E-state index contributed by atoms with van der Waals surface area (Å²) in [5, 5.41) is 9.88. The van der Waals surface area contributed by atoms with Gasteiger partial charge in [0.15, 0.2) is 5.58 Å². The molecule has 0 saturated carbocycles. The average molecular weight is 263 g/mol. The molecule has 0 spiro atoms. The first kappa shape index (κ1) is 13.5. The summed E-state index contributed by atoms with van der Waals surface area (Å²) in [6, 6.07) is 6.74. The molecule has 0 fully saturated rings. The van der Waals surface area contributed by atoms with Crippen molar-refractivity contribution in [3.63, 3.8) is 0 Å². The van der Waals surface area contributed by atoms with Crippen LogP contribution >= 0.6 is 0 Å². The van der Waals surface area contributed by atoms with Crippen molar-refractivity contribution in [2.24, 2.45) is 5.92 Å². The van der Waals surface area contributed by atoms with E-state index in [9.17, 15) is 14.7 Å². The molecule has 1 aromatic carbocycles.